The molecule has 0 fully saturated rings. The largest absolute Gasteiger partial charge is 0.398 e. The molecule has 0 amide bonds. The molecule has 0 bridgehead atoms. The molecule has 0 aromatic carbocycles. The van der Waals surface area contributed by atoms with Gasteiger partial charge >= 0.3 is 0 Å². The van der Waals surface area contributed by atoms with E-state index >= 15 is 0 Å². The van der Waals surface area contributed by atoms with Crippen molar-refractivity contribution in [2.75, 3.05) is 33.4 Å². The van der Waals surface area contributed by atoms with Crippen LogP contribution in [0.15, 0.2) is 18.5 Å². The summed E-state index contributed by atoms with van der Waals surface area (Å²) in [5, 5.41) is 3.27. The van der Waals surface area contributed by atoms with Crippen molar-refractivity contribution in [2.45, 2.75) is 12.5 Å². The lowest BCUT2D eigenvalue weighted by atomic mass is 10.0. The number of rotatable bonds is 5. The van der Waals surface area contributed by atoms with Gasteiger partial charge in [0.1, 0.15) is 0 Å². The summed E-state index contributed by atoms with van der Waals surface area (Å²) in [7, 11) is 6.09. The van der Waals surface area contributed by atoms with Crippen LogP contribution in [0.3, 0.4) is 0 Å². The van der Waals surface area contributed by atoms with Gasteiger partial charge in [0.2, 0.25) is 0 Å². The van der Waals surface area contributed by atoms with Crippen LogP contribution in [0.4, 0.5) is 5.69 Å². The van der Waals surface area contributed by atoms with E-state index in [0.717, 1.165) is 24.2 Å². The number of hydrogen-bond acceptors (Lipinski definition) is 4. The van der Waals surface area contributed by atoms with Gasteiger partial charge in [-0.15, -0.1) is 0 Å². The van der Waals surface area contributed by atoms with Gasteiger partial charge in [-0.25, -0.2) is 0 Å². The molecule has 0 aliphatic heterocycles. The van der Waals surface area contributed by atoms with Crippen LogP contribution in [-0.4, -0.2) is 37.6 Å². The average molecular weight is 208 g/mol. The minimum absolute atomic E-state index is 0.279. The van der Waals surface area contributed by atoms with Crippen LogP contribution in [0, 0.1) is 0 Å². The normalized spacial score (nSPS) is 13.1. The predicted molar refractivity (Wildman–Crippen MR) is 63.6 cm³/mol. The molecule has 4 nitrogen and oxygen atoms in total. The Morgan fingerprint density at radius 1 is 1.53 bits per heavy atom. The fourth-order valence-electron chi connectivity index (χ4n) is 1.55. The first-order valence-corrected chi connectivity index (χ1v) is 5.16. The lowest BCUT2D eigenvalue weighted by Gasteiger charge is -2.20. The highest BCUT2D eigenvalue weighted by Crippen LogP contribution is 2.21. The SMILES string of the molecule is CNC(CCN(C)C)c1cnccc1N. The number of nitrogens with two attached hydrogens (primary N) is 1. The summed E-state index contributed by atoms with van der Waals surface area (Å²) >= 11 is 0. The zero-order valence-corrected chi connectivity index (χ0v) is 9.70. The third kappa shape index (κ3) is 3.49. The van der Waals surface area contributed by atoms with E-state index < -0.39 is 0 Å². The summed E-state index contributed by atoms with van der Waals surface area (Å²) < 4.78 is 0. The van der Waals surface area contributed by atoms with Crippen LogP contribution in [0.2, 0.25) is 0 Å². The first-order valence-electron chi connectivity index (χ1n) is 5.16. The van der Waals surface area contributed by atoms with E-state index in [9.17, 15) is 0 Å². The highest BCUT2D eigenvalue weighted by Gasteiger charge is 2.12. The maximum atomic E-state index is 5.91. The average Bonchev–Trinajstić information content (AvgIpc) is 2.21. The smallest absolute Gasteiger partial charge is 0.0393 e. The van der Waals surface area contributed by atoms with Crippen molar-refractivity contribution in [1.82, 2.24) is 15.2 Å². The second kappa shape index (κ2) is 5.68. The van der Waals surface area contributed by atoms with Gasteiger partial charge in [-0.3, -0.25) is 4.98 Å². The first-order chi connectivity index (χ1) is 7.15. The molecule has 84 valence electrons. The molecule has 1 heterocycles. The van der Waals surface area contributed by atoms with E-state index in [1.165, 1.54) is 0 Å². The molecule has 4 heteroatoms. The lowest BCUT2D eigenvalue weighted by molar-refractivity contribution is 0.368. The topological polar surface area (TPSA) is 54.2 Å². The molecule has 1 rings (SSSR count). The fourth-order valence-corrected chi connectivity index (χ4v) is 1.55. The van der Waals surface area contributed by atoms with Crippen molar-refractivity contribution >= 4 is 5.69 Å². The van der Waals surface area contributed by atoms with Gasteiger partial charge < -0.3 is 16.0 Å². The molecule has 3 N–H and O–H groups in total. The number of pyridine rings is 1. The Balaban J connectivity index is 2.70. The first kappa shape index (κ1) is 11.9. The molecule has 1 aromatic rings. The molecule has 0 aliphatic rings. The molecule has 0 spiro atoms. The van der Waals surface area contributed by atoms with E-state index in [2.05, 4.69) is 29.3 Å². The van der Waals surface area contributed by atoms with Crippen LogP contribution < -0.4 is 11.1 Å². The van der Waals surface area contributed by atoms with Gasteiger partial charge in [0.05, 0.1) is 0 Å². The van der Waals surface area contributed by atoms with E-state index in [1.807, 2.05) is 19.3 Å². The van der Waals surface area contributed by atoms with Gasteiger partial charge in [-0.05, 0) is 40.2 Å². The summed E-state index contributed by atoms with van der Waals surface area (Å²) in [4.78, 5) is 6.27. The van der Waals surface area contributed by atoms with Crippen LogP contribution >= 0.6 is 0 Å². The summed E-state index contributed by atoms with van der Waals surface area (Å²) in [6, 6.07) is 2.12. The number of nitrogen functional groups attached to an aromatic ring is 1. The quantitative estimate of drug-likeness (QED) is 0.754. The maximum absolute atomic E-state index is 5.91. The molecule has 1 aromatic heterocycles. The van der Waals surface area contributed by atoms with Gasteiger partial charge in [0, 0.05) is 29.7 Å². The summed E-state index contributed by atoms with van der Waals surface area (Å²) in [6.07, 6.45) is 4.59. The van der Waals surface area contributed by atoms with Crippen molar-refractivity contribution in [1.29, 1.82) is 0 Å². The molecule has 0 radical (unpaired) electrons. The van der Waals surface area contributed by atoms with E-state index in [-0.39, 0.29) is 6.04 Å². The highest BCUT2D eigenvalue weighted by atomic mass is 15.1. The number of nitrogens with zero attached hydrogens (tertiary/aromatic N) is 2. The Kier molecular flexibility index (Phi) is 4.52. The Bertz CT molecular complexity index is 298. The molecule has 1 atom stereocenters. The monoisotopic (exact) mass is 208 g/mol. The molecule has 0 saturated heterocycles. The summed E-state index contributed by atoms with van der Waals surface area (Å²) in [6.45, 7) is 1.03. The Labute approximate surface area is 91.5 Å². The molecular formula is C11H20N4. The zero-order valence-electron chi connectivity index (χ0n) is 9.70. The standard InChI is InChI=1S/C11H20N4/c1-13-11(5-7-15(2)3)9-8-14-6-4-10(9)12/h4,6,8,11,13H,5,7H2,1-3H3,(H2,12,14). The number of anilines is 1. The van der Waals surface area contributed by atoms with Crippen molar-refractivity contribution in [2.24, 2.45) is 0 Å². The van der Waals surface area contributed by atoms with E-state index in [4.69, 9.17) is 5.73 Å². The van der Waals surface area contributed by atoms with Crippen LogP contribution in [-0.2, 0) is 0 Å². The van der Waals surface area contributed by atoms with E-state index in [1.54, 1.807) is 6.20 Å². The minimum Gasteiger partial charge on any atom is -0.398 e. The molecule has 1 unspecified atom stereocenters. The van der Waals surface area contributed by atoms with Crippen LogP contribution in [0.25, 0.3) is 0 Å². The van der Waals surface area contributed by atoms with Crippen LogP contribution in [0.1, 0.15) is 18.0 Å². The highest BCUT2D eigenvalue weighted by molar-refractivity contribution is 5.46. The Hall–Kier alpha value is -1.13. The maximum Gasteiger partial charge on any atom is 0.0393 e. The van der Waals surface area contributed by atoms with Crippen LogP contribution in [0.5, 0.6) is 0 Å². The number of hydrogen-bond donors (Lipinski definition) is 2. The van der Waals surface area contributed by atoms with Gasteiger partial charge in [-0.1, -0.05) is 0 Å². The Morgan fingerprint density at radius 3 is 2.80 bits per heavy atom. The van der Waals surface area contributed by atoms with E-state index in [0.29, 0.717) is 0 Å². The minimum atomic E-state index is 0.279. The number of nitrogens with one attached hydrogen (secondary N) is 1. The second-order valence-electron chi connectivity index (χ2n) is 3.94. The third-order valence-electron chi connectivity index (χ3n) is 2.48. The molecule has 0 aliphatic carbocycles. The Morgan fingerprint density at radius 2 is 2.27 bits per heavy atom. The molecular weight excluding hydrogens is 188 g/mol. The second-order valence-corrected chi connectivity index (χ2v) is 3.94. The van der Waals surface area contributed by atoms with Crippen molar-refractivity contribution < 1.29 is 0 Å². The fraction of sp³-hybridized carbons (Fsp3) is 0.545. The van der Waals surface area contributed by atoms with Crippen molar-refractivity contribution in [3.63, 3.8) is 0 Å². The third-order valence-corrected chi connectivity index (χ3v) is 2.48. The number of aromatic nitrogens is 1. The predicted octanol–water partition coefficient (Wildman–Crippen LogP) is 0.876. The van der Waals surface area contributed by atoms with Gasteiger partial charge in [0.15, 0.2) is 0 Å². The van der Waals surface area contributed by atoms with Crippen molar-refractivity contribution in [3.05, 3.63) is 24.0 Å². The van der Waals surface area contributed by atoms with Gasteiger partial charge in [0.25, 0.3) is 0 Å². The summed E-state index contributed by atoms with van der Waals surface area (Å²) in [5.41, 5.74) is 7.80. The lowest BCUT2D eigenvalue weighted by Crippen LogP contribution is -2.23. The van der Waals surface area contributed by atoms with Crippen molar-refractivity contribution in [3.8, 4) is 0 Å². The molecule has 0 saturated carbocycles. The summed E-state index contributed by atoms with van der Waals surface area (Å²) in [5.74, 6) is 0. The zero-order chi connectivity index (χ0) is 11.3. The molecule has 15 heavy (non-hydrogen) atoms. The van der Waals surface area contributed by atoms with Gasteiger partial charge in [-0.2, -0.15) is 0 Å².